The number of nitrogens with two attached hydrogens (primary N) is 2. The van der Waals surface area contributed by atoms with Crippen molar-refractivity contribution in [2.45, 2.75) is 128 Å². The number of nitrogens with zero attached hydrogens (tertiary/aromatic N) is 8. The van der Waals surface area contributed by atoms with Crippen molar-refractivity contribution in [2.75, 3.05) is 63.5 Å². The third-order valence-corrected chi connectivity index (χ3v) is 16.1. The molecule has 25 heteroatoms. The number of hydrogen-bond donors (Lipinski definition) is 6. The predicted octanol–water partition coefficient (Wildman–Crippen LogP) is 4.11. The molecule has 0 saturated carbocycles. The summed E-state index contributed by atoms with van der Waals surface area (Å²) in [6, 6.07) is 0.346. The maximum atomic E-state index is 14.4. The minimum atomic E-state index is -4.37. The van der Waals surface area contributed by atoms with Gasteiger partial charge in [-0.2, -0.15) is 0 Å². The molecule has 3 fully saturated rings. The van der Waals surface area contributed by atoms with Gasteiger partial charge in [0.1, 0.15) is 78.4 Å². The largest absolute Gasteiger partial charge is 0.387 e. The number of aromatic nitrogens is 6. The minimum Gasteiger partial charge on any atom is -0.387 e. The number of rotatable bonds is 15. The third-order valence-electron chi connectivity index (χ3n) is 13.0. The molecule has 21 nitrogen and oxygen atoms in total. The summed E-state index contributed by atoms with van der Waals surface area (Å²) in [5.74, 6) is 0.956. The SMILES string of the molecule is CCN(CC)C(C)CCN(CC)C(C)O[C@@H]1[C@@H]2OP(O)(=S)OC[C@H]3O[C@@H](n4cc(CCCN)c5c(N)ncnc54)[C@H](OP(=O)(S)OC[C@H]2O[C@H]1n1cc2c4c(ncnc41)NCCC2)[C@@H]3O. The first-order chi connectivity index (χ1) is 31.2. The van der Waals surface area contributed by atoms with E-state index < -0.39 is 82.0 Å². The highest BCUT2D eigenvalue weighted by Crippen LogP contribution is 2.59. The number of thiol groups is 1. The lowest BCUT2D eigenvalue weighted by Gasteiger charge is -2.35. The van der Waals surface area contributed by atoms with E-state index in [4.69, 9.17) is 60.6 Å². The number of anilines is 2. The Labute approximate surface area is 389 Å². The van der Waals surface area contributed by atoms with Gasteiger partial charge in [0.05, 0.1) is 24.0 Å². The number of aliphatic hydroxyl groups excluding tert-OH is 1. The highest BCUT2D eigenvalue weighted by atomic mass is 32.7. The van der Waals surface area contributed by atoms with Gasteiger partial charge >= 0.3 is 13.5 Å². The maximum Gasteiger partial charge on any atom is 0.386 e. The van der Waals surface area contributed by atoms with E-state index in [0.29, 0.717) is 54.5 Å². The van der Waals surface area contributed by atoms with Crippen LogP contribution in [-0.4, -0.2) is 150 Å². The van der Waals surface area contributed by atoms with Crippen molar-refractivity contribution in [2.24, 2.45) is 5.73 Å². The maximum absolute atomic E-state index is 14.4. The molecule has 65 heavy (non-hydrogen) atoms. The summed E-state index contributed by atoms with van der Waals surface area (Å²) in [5.41, 5.74) is 15.0. The lowest BCUT2D eigenvalue weighted by molar-refractivity contribution is -0.141. The van der Waals surface area contributed by atoms with Crippen LogP contribution in [0.15, 0.2) is 25.0 Å². The van der Waals surface area contributed by atoms with Gasteiger partial charge in [-0.1, -0.05) is 33.0 Å². The van der Waals surface area contributed by atoms with Gasteiger partial charge in [-0.3, -0.25) is 18.5 Å². The second kappa shape index (κ2) is 20.7. The smallest absolute Gasteiger partial charge is 0.386 e. The van der Waals surface area contributed by atoms with E-state index in [1.165, 1.54) is 12.7 Å². The Morgan fingerprint density at radius 2 is 1.66 bits per heavy atom. The molecule has 0 aromatic carbocycles. The highest BCUT2D eigenvalue weighted by Gasteiger charge is 2.54. The van der Waals surface area contributed by atoms with Crippen molar-refractivity contribution in [3.8, 4) is 0 Å². The first kappa shape index (κ1) is 49.0. The van der Waals surface area contributed by atoms with Crippen molar-refractivity contribution in [3.05, 3.63) is 36.2 Å². The molecule has 4 aliphatic rings. The fraction of sp³-hybridized carbons (Fsp3) is 0.700. The highest BCUT2D eigenvalue weighted by molar-refractivity contribution is 8.44. The number of hydrogen-bond acceptors (Lipinski definition) is 19. The van der Waals surface area contributed by atoms with Gasteiger partial charge in [0.15, 0.2) is 12.5 Å². The molecular weight excluding hydrogens is 921 g/mol. The van der Waals surface area contributed by atoms with Crippen LogP contribution in [-0.2, 0) is 61.5 Å². The molecule has 7 N–H and O–H groups in total. The van der Waals surface area contributed by atoms with Crippen LogP contribution < -0.4 is 16.8 Å². The number of aryl methyl sites for hydroxylation is 2. The molecule has 360 valence electrons. The molecule has 2 bridgehead atoms. The molecule has 4 aliphatic heterocycles. The zero-order valence-corrected chi connectivity index (χ0v) is 40.9. The molecule has 0 amide bonds. The second-order valence-electron chi connectivity index (χ2n) is 16.9. The molecule has 8 heterocycles. The summed E-state index contributed by atoms with van der Waals surface area (Å²) in [6.45, 7) is 5.69. The molecule has 12 atom stereocenters. The average molecular weight is 984 g/mol. The minimum absolute atomic E-state index is 0.241. The summed E-state index contributed by atoms with van der Waals surface area (Å²) in [4.78, 5) is 34.5. The van der Waals surface area contributed by atoms with Gasteiger partial charge in [-0.15, -0.1) is 0 Å². The lowest BCUT2D eigenvalue weighted by atomic mass is 10.1. The topological polar surface area (TPSA) is 254 Å². The van der Waals surface area contributed by atoms with Crippen LogP contribution in [0.5, 0.6) is 0 Å². The summed E-state index contributed by atoms with van der Waals surface area (Å²) < 4.78 is 62.9. The number of aliphatic hydroxyl groups is 1. The van der Waals surface area contributed by atoms with Crippen molar-refractivity contribution in [1.82, 2.24) is 38.9 Å². The van der Waals surface area contributed by atoms with Gasteiger partial charge in [-0.25, -0.2) is 24.5 Å². The van der Waals surface area contributed by atoms with Gasteiger partial charge in [-0.05, 0) is 95.1 Å². The second-order valence-corrected chi connectivity index (χ2v) is 22.6. The molecule has 4 unspecified atom stereocenters. The van der Waals surface area contributed by atoms with Crippen LogP contribution in [0.4, 0.5) is 11.6 Å². The predicted molar refractivity (Wildman–Crippen MR) is 251 cm³/mol. The molecule has 0 radical (unpaired) electrons. The van der Waals surface area contributed by atoms with E-state index in [2.05, 4.69) is 70.0 Å². The number of nitrogen functional groups attached to an aromatic ring is 1. The van der Waals surface area contributed by atoms with E-state index in [1.54, 1.807) is 10.8 Å². The van der Waals surface area contributed by atoms with Gasteiger partial charge < -0.3 is 59.6 Å². The quantitative estimate of drug-likeness (QED) is 0.0557. The number of nitrogens with one attached hydrogen (secondary N) is 1. The summed E-state index contributed by atoms with van der Waals surface area (Å²) in [7, 11) is 0. The third kappa shape index (κ3) is 10.3. The summed E-state index contributed by atoms with van der Waals surface area (Å²) in [5, 5.41) is 16.6. The summed E-state index contributed by atoms with van der Waals surface area (Å²) in [6.07, 6.45) is 0.604. The molecule has 8 rings (SSSR count). The van der Waals surface area contributed by atoms with Gasteiger partial charge in [0.25, 0.3) is 0 Å². The Morgan fingerprint density at radius 1 is 0.969 bits per heavy atom. The first-order valence-corrected chi connectivity index (χ1v) is 27.8. The van der Waals surface area contributed by atoms with E-state index in [9.17, 15) is 14.6 Å². The average Bonchev–Trinajstić information content (AvgIpc) is 3.97. The molecule has 0 aliphatic carbocycles. The Hall–Kier alpha value is -2.41. The van der Waals surface area contributed by atoms with Crippen LogP contribution >= 0.6 is 25.8 Å². The van der Waals surface area contributed by atoms with Crippen molar-refractivity contribution in [1.29, 1.82) is 0 Å². The fourth-order valence-corrected chi connectivity index (χ4v) is 12.5. The normalized spacial score (nSPS) is 31.9. The standard InChI is InChI=1S/C40H63N11O10P2S2/c1-6-48(7-2)23(4)13-16-49(8-3)24(5)57-34-32-28(59-40(34)51-18-26-12-10-15-43-36-30(26)38(51)47-22-45-36)20-56-63(54,65)61-33-31(52)27(19-55-62(53,64)60-32)58-39(33)50-17-25(11-9-14-41)29-35(42)44-21-46-37(29)50/h17-18,21-24,27-28,31-34,39-40,52H,6-16,19-20,41H2,1-5H3,(H,53,64)(H,54,65)(H2,42,44,46)(H,43,45,47)/t23?,24?,27-,28-,31-,32-,33-,34-,39-,40-,62?,63?/m1/s1. The fourth-order valence-electron chi connectivity index (χ4n) is 9.56. The van der Waals surface area contributed by atoms with E-state index >= 15 is 0 Å². The number of ether oxygens (including phenoxy) is 3. The van der Waals surface area contributed by atoms with Crippen LogP contribution in [0, 0.1) is 0 Å². The lowest BCUT2D eigenvalue weighted by Crippen LogP contribution is -2.45. The van der Waals surface area contributed by atoms with Crippen molar-refractivity contribution in [3.63, 3.8) is 0 Å². The first-order valence-electron chi connectivity index (χ1n) is 22.5. The molecular formula is C40H63N11O10P2S2. The van der Waals surface area contributed by atoms with Crippen molar-refractivity contribution >= 4 is 71.3 Å². The monoisotopic (exact) mass is 983 g/mol. The molecule has 4 aromatic heterocycles. The van der Waals surface area contributed by atoms with Crippen LogP contribution in [0.2, 0.25) is 0 Å². The Bertz CT molecular complexity index is 2380. The molecule has 3 saturated heterocycles. The Morgan fingerprint density at radius 3 is 2.40 bits per heavy atom. The molecule has 0 spiro atoms. The van der Waals surface area contributed by atoms with E-state index in [-0.39, 0.29) is 5.82 Å². The van der Waals surface area contributed by atoms with Crippen LogP contribution in [0.3, 0.4) is 0 Å². The summed E-state index contributed by atoms with van der Waals surface area (Å²) >= 11 is 10.1. The van der Waals surface area contributed by atoms with Crippen molar-refractivity contribution < 1.29 is 46.9 Å². The van der Waals surface area contributed by atoms with E-state index in [0.717, 1.165) is 62.0 Å². The van der Waals surface area contributed by atoms with Gasteiger partial charge in [0, 0.05) is 31.5 Å². The number of fused-ring (bicyclic) bond motifs is 4. The van der Waals surface area contributed by atoms with Crippen LogP contribution in [0.25, 0.3) is 22.1 Å². The van der Waals surface area contributed by atoms with Crippen LogP contribution in [0.1, 0.15) is 77.5 Å². The zero-order chi connectivity index (χ0) is 46.2. The molecule has 4 aromatic rings. The van der Waals surface area contributed by atoms with Gasteiger partial charge in [0.2, 0.25) is 0 Å². The zero-order valence-electron chi connectivity index (χ0n) is 37.4. The van der Waals surface area contributed by atoms with E-state index in [1.807, 2.05) is 17.7 Å². The Kier molecular flexibility index (Phi) is 15.6. The Balaban J connectivity index is 1.13.